The van der Waals surface area contributed by atoms with Gasteiger partial charge in [0.15, 0.2) is 10.9 Å². The van der Waals surface area contributed by atoms with Crippen molar-refractivity contribution in [1.82, 2.24) is 9.88 Å². The Morgan fingerprint density at radius 1 is 1.03 bits per heavy atom. The van der Waals surface area contributed by atoms with Crippen molar-refractivity contribution in [2.75, 3.05) is 37.7 Å². The number of aromatic nitrogens is 1. The van der Waals surface area contributed by atoms with E-state index in [1.165, 1.54) is 16.9 Å². The highest BCUT2D eigenvalue weighted by Crippen LogP contribution is 2.64. The van der Waals surface area contributed by atoms with Gasteiger partial charge in [-0.1, -0.05) is 81.4 Å². The molecule has 3 aromatic rings. The molecule has 6 nitrogen and oxygen atoms in total. The lowest BCUT2D eigenvalue weighted by Gasteiger charge is -2.70. The van der Waals surface area contributed by atoms with Crippen LogP contribution < -0.4 is 4.90 Å². The number of morpholine rings is 1. The van der Waals surface area contributed by atoms with E-state index in [4.69, 9.17) is 14.1 Å². The van der Waals surface area contributed by atoms with E-state index in [1.54, 1.807) is 0 Å². The van der Waals surface area contributed by atoms with Gasteiger partial charge in [0.2, 0.25) is 0 Å². The van der Waals surface area contributed by atoms with Gasteiger partial charge in [0.1, 0.15) is 16.2 Å². The molecule has 2 unspecified atom stereocenters. The first-order valence-corrected chi connectivity index (χ1v) is 13.8. The van der Waals surface area contributed by atoms with Gasteiger partial charge < -0.3 is 19.0 Å². The minimum atomic E-state index is -0.725. The van der Waals surface area contributed by atoms with Crippen LogP contribution in [0, 0.1) is 5.41 Å². The number of amides is 1. The number of hydrogen-bond acceptors (Lipinski definition) is 6. The Balaban J connectivity index is 1.62. The van der Waals surface area contributed by atoms with Gasteiger partial charge in [-0.05, 0) is 11.0 Å². The molecule has 2 fully saturated rings. The first kappa shape index (κ1) is 24.2. The maximum Gasteiger partial charge on any atom is 0.273 e. The summed E-state index contributed by atoms with van der Waals surface area (Å²) in [6.45, 7) is 10.00. The molecule has 2 saturated heterocycles. The van der Waals surface area contributed by atoms with Crippen LogP contribution in [0.2, 0.25) is 0 Å². The second kappa shape index (κ2) is 9.17. The predicted octanol–water partition coefficient (Wildman–Crippen LogP) is 3.57. The number of hydrogen-bond donors (Lipinski definition) is 0. The van der Waals surface area contributed by atoms with Gasteiger partial charge >= 0.3 is 0 Å². The minimum Gasteiger partial charge on any atom is -0.402 e. The topological polar surface area (TPSA) is 54.9 Å². The summed E-state index contributed by atoms with van der Waals surface area (Å²) in [5, 5.41) is 2.70. The number of ether oxygens (including phenoxy) is 1. The largest absolute Gasteiger partial charge is 0.402 e. The summed E-state index contributed by atoms with van der Waals surface area (Å²) in [5.74, 6) is -0.0291. The maximum absolute atomic E-state index is 13.1. The normalized spacial score (nSPS) is 24.9. The van der Waals surface area contributed by atoms with E-state index in [0.717, 1.165) is 17.2 Å². The summed E-state index contributed by atoms with van der Waals surface area (Å²) in [5.41, 5.74) is 1.70. The van der Waals surface area contributed by atoms with E-state index >= 15 is 0 Å². The van der Waals surface area contributed by atoms with Crippen LogP contribution in [0.25, 0.3) is 0 Å². The highest BCUT2D eigenvalue weighted by Gasteiger charge is 2.71. The molecule has 0 aliphatic carbocycles. The van der Waals surface area contributed by atoms with Crippen molar-refractivity contribution in [3.05, 3.63) is 82.9 Å². The molecule has 2 aliphatic rings. The van der Waals surface area contributed by atoms with Gasteiger partial charge in [0, 0.05) is 30.6 Å². The van der Waals surface area contributed by atoms with E-state index in [9.17, 15) is 4.79 Å². The van der Waals surface area contributed by atoms with Crippen molar-refractivity contribution in [2.45, 2.75) is 31.9 Å². The number of nitrogens with zero attached hydrogens (tertiary/aromatic N) is 3. The molecule has 8 heteroatoms. The SMILES string of the molecule is CC(C)(C)C1(c2ccccc2)CN(c2nc(C(=O)N3CCOCC3)cs2)C1(O[SiH3])c1ccccc1. The first-order valence-electron chi connectivity index (χ1n) is 12.1. The predicted molar refractivity (Wildman–Crippen MR) is 143 cm³/mol. The molecule has 0 spiro atoms. The van der Waals surface area contributed by atoms with Crippen LogP contribution in [0.1, 0.15) is 42.4 Å². The third-order valence-corrected chi connectivity index (χ3v) is 9.06. The van der Waals surface area contributed by atoms with Gasteiger partial charge in [-0.15, -0.1) is 11.3 Å². The van der Waals surface area contributed by atoms with E-state index in [-0.39, 0.29) is 16.7 Å². The fraction of sp³-hybridized carbons (Fsp3) is 0.407. The van der Waals surface area contributed by atoms with Crippen LogP contribution in [-0.4, -0.2) is 59.1 Å². The average molecular weight is 508 g/mol. The van der Waals surface area contributed by atoms with Crippen molar-refractivity contribution < 1.29 is 14.0 Å². The van der Waals surface area contributed by atoms with E-state index in [1.807, 2.05) is 16.3 Å². The van der Waals surface area contributed by atoms with Crippen molar-refractivity contribution in [3.63, 3.8) is 0 Å². The first-order chi connectivity index (χ1) is 16.8. The summed E-state index contributed by atoms with van der Waals surface area (Å²) in [6.07, 6.45) is 0. The Kier molecular flexibility index (Phi) is 6.33. The quantitative estimate of drug-likeness (QED) is 0.494. The monoisotopic (exact) mass is 507 g/mol. The van der Waals surface area contributed by atoms with Gasteiger partial charge in [-0.3, -0.25) is 4.79 Å². The van der Waals surface area contributed by atoms with Gasteiger partial charge in [0.25, 0.3) is 5.91 Å². The van der Waals surface area contributed by atoms with Crippen LogP contribution in [0.4, 0.5) is 5.13 Å². The molecule has 35 heavy (non-hydrogen) atoms. The molecular weight excluding hydrogens is 474 g/mol. The number of carbonyl (C=O) groups excluding carboxylic acids is 1. The molecule has 1 aromatic heterocycles. The molecule has 0 radical (unpaired) electrons. The Bertz CT molecular complexity index is 1180. The molecule has 2 aliphatic heterocycles. The Labute approximate surface area is 214 Å². The smallest absolute Gasteiger partial charge is 0.273 e. The Morgan fingerprint density at radius 3 is 2.20 bits per heavy atom. The van der Waals surface area contributed by atoms with Crippen LogP contribution in [0.5, 0.6) is 0 Å². The minimum absolute atomic E-state index is 0.0291. The molecule has 0 bridgehead atoms. The van der Waals surface area contributed by atoms with E-state index in [2.05, 4.69) is 80.3 Å². The molecule has 2 atom stereocenters. The van der Waals surface area contributed by atoms with Crippen molar-refractivity contribution in [3.8, 4) is 0 Å². The summed E-state index contributed by atoms with van der Waals surface area (Å²) >= 11 is 1.52. The third kappa shape index (κ3) is 3.66. The fourth-order valence-electron chi connectivity index (χ4n) is 5.87. The van der Waals surface area contributed by atoms with Crippen LogP contribution in [0.15, 0.2) is 66.0 Å². The number of rotatable bonds is 5. The molecule has 0 N–H and O–H groups in total. The van der Waals surface area contributed by atoms with Gasteiger partial charge in [-0.2, -0.15) is 0 Å². The summed E-state index contributed by atoms with van der Waals surface area (Å²) in [6, 6.07) is 21.2. The van der Waals surface area contributed by atoms with Crippen LogP contribution in [0.3, 0.4) is 0 Å². The molecule has 5 rings (SSSR count). The number of benzene rings is 2. The highest BCUT2D eigenvalue weighted by atomic mass is 32.1. The van der Waals surface area contributed by atoms with Crippen molar-refractivity contribution in [2.24, 2.45) is 5.41 Å². The van der Waals surface area contributed by atoms with E-state index < -0.39 is 5.72 Å². The lowest BCUT2D eigenvalue weighted by molar-refractivity contribution is -0.130. The lowest BCUT2D eigenvalue weighted by atomic mass is 9.50. The lowest BCUT2D eigenvalue weighted by Crippen LogP contribution is -2.79. The Hall–Kier alpha value is -2.52. The molecular formula is C27H33N3O3SSi. The number of anilines is 1. The van der Waals surface area contributed by atoms with Gasteiger partial charge in [-0.25, -0.2) is 4.98 Å². The third-order valence-electron chi connectivity index (χ3n) is 7.60. The zero-order valence-electron chi connectivity index (χ0n) is 20.9. The van der Waals surface area contributed by atoms with Crippen LogP contribution >= 0.6 is 11.3 Å². The van der Waals surface area contributed by atoms with Crippen molar-refractivity contribution >= 4 is 32.9 Å². The number of carbonyl (C=O) groups is 1. The zero-order valence-corrected chi connectivity index (χ0v) is 23.7. The standard InChI is InChI=1S/C27H33N3O3SSi/c1-25(2,3)26(20-10-6-4-7-11-20)19-30(27(26,33-35)21-12-8-5-9-13-21)24-28-22(18-34-24)23(31)29-14-16-32-17-15-29/h4-13,18H,14-17,19H2,1-3,35H3. The second-order valence-electron chi connectivity index (χ2n) is 10.2. The fourth-order valence-corrected chi connectivity index (χ4v) is 7.52. The molecule has 2 aromatic carbocycles. The van der Waals surface area contributed by atoms with E-state index in [0.29, 0.717) is 42.5 Å². The summed E-state index contributed by atoms with van der Waals surface area (Å²) < 4.78 is 12.1. The zero-order chi connectivity index (χ0) is 24.7. The molecule has 184 valence electrons. The Morgan fingerprint density at radius 2 is 1.63 bits per heavy atom. The average Bonchev–Trinajstić information content (AvgIpc) is 3.34. The molecule has 3 heterocycles. The summed E-state index contributed by atoms with van der Waals surface area (Å²) in [7, 11) is 0.543. The number of thiazole rings is 1. The molecule has 1 amide bonds. The van der Waals surface area contributed by atoms with Gasteiger partial charge in [0.05, 0.1) is 18.6 Å². The highest BCUT2D eigenvalue weighted by molar-refractivity contribution is 7.14. The maximum atomic E-state index is 13.1. The summed E-state index contributed by atoms with van der Waals surface area (Å²) in [4.78, 5) is 22.1. The molecule has 0 saturated carbocycles. The van der Waals surface area contributed by atoms with Crippen molar-refractivity contribution in [1.29, 1.82) is 0 Å². The van der Waals surface area contributed by atoms with Crippen LogP contribution in [-0.2, 0) is 20.3 Å². The second-order valence-corrected chi connectivity index (χ2v) is 11.5.